The Hall–Kier alpha value is -4.45. The molecule has 8 heteroatoms. The van der Waals surface area contributed by atoms with E-state index >= 15 is 0 Å². The van der Waals surface area contributed by atoms with E-state index in [0.717, 1.165) is 43.2 Å². The number of ether oxygens (including phenoxy) is 1. The van der Waals surface area contributed by atoms with Crippen LogP contribution in [0.2, 0.25) is 0 Å². The SMILES string of the molecule is NC1=NC(c2ccc(OCCCCCCCP(Br)(c3ccccc3)(c3ccccc3)c3ccccc3)cc2)NC(=NCCc2ccccc2)N1. The van der Waals surface area contributed by atoms with E-state index in [0.29, 0.717) is 25.1 Å². The van der Waals surface area contributed by atoms with Crippen molar-refractivity contribution in [3.05, 3.63) is 157 Å². The minimum atomic E-state index is -2.85. The topological polar surface area (TPSA) is 84.0 Å². The molecule has 0 saturated carbocycles. The third kappa shape index (κ3) is 8.46. The number of rotatable bonds is 16. The van der Waals surface area contributed by atoms with Gasteiger partial charge in [0.1, 0.15) is 0 Å². The molecule has 0 spiro atoms. The number of unbranched alkanes of at least 4 members (excludes halogenated alkanes) is 4. The number of hydrogen-bond acceptors (Lipinski definition) is 4. The summed E-state index contributed by atoms with van der Waals surface area (Å²) in [6.07, 6.45) is 7.29. The molecule has 50 heavy (non-hydrogen) atoms. The van der Waals surface area contributed by atoms with Gasteiger partial charge in [0, 0.05) is 6.54 Å². The van der Waals surface area contributed by atoms with Crippen molar-refractivity contribution in [1.82, 2.24) is 10.6 Å². The molecule has 0 saturated heterocycles. The molecule has 0 bridgehead atoms. The molecule has 1 unspecified atom stereocenters. The van der Waals surface area contributed by atoms with Gasteiger partial charge >= 0.3 is 213 Å². The zero-order chi connectivity index (χ0) is 34.5. The first-order chi connectivity index (χ1) is 24.5. The fraction of sp³-hybridized carbons (Fsp3) is 0.238. The molecule has 5 aromatic rings. The summed E-state index contributed by atoms with van der Waals surface area (Å²) in [5, 5.41) is 7.69. The predicted octanol–water partition coefficient (Wildman–Crippen LogP) is 7.96. The zero-order valence-corrected chi connectivity index (χ0v) is 31.0. The van der Waals surface area contributed by atoms with Crippen molar-refractivity contribution < 1.29 is 4.74 Å². The molecule has 5 aromatic carbocycles. The number of hydrogen-bond donors (Lipinski definition) is 3. The van der Waals surface area contributed by atoms with E-state index in [1.807, 2.05) is 42.5 Å². The summed E-state index contributed by atoms with van der Waals surface area (Å²) in [5.74, 6) is 1.85. The van der Waals surface area contributed by atoms with Crippen molar-refractivity contribution in [3.8, 4) is 5.75 Å². The number of guanidine groups is 2. The molecule has 1 heterocycles. The van der Waals surface area contributed by atoms with Gasteiger partial charge in [0.25, 0.3) is 0 Å². The molecule has 0 radical (unpaired) electrons. The molecule has 258 valence electrons. The summed E-state index contributed by atoms with van der Waals surface area (Å²) in [7, 11) is 0. The third-order valence-corrected chi connectivity index (χ3v) is 19.4. The maximum Gasteiger partial charge on any atom is 0.200 e. The second-order valence-corrected chi connectivity index (χ2v) is 21.8. The van der Waals surface area contributed by atoms with E-state index < -0.39 is 5.31 Å². The quantitative estimate of drug-likeness (QED) is 0.0707. The van der Waals surface area contributed by atoms with Crippen molar-refractivity contribution in [2.75, 3.05) is 19.3 Å². The van der Waals surface area contributed by atoms with Gasteiger partial charge in [-0.1, -0.05) is 30.3 Å². The Morgan fingerprint density at radius 3 is 1.76 bits per heavy atom. The first kappa shape index (κ1) is 35.4. The van der Waals surface area contributed by atoms with E-state index in [4.69, 9.17) is 10.5 Å². The van der Waals surface area contributed by atoms with Gasteiger partial charge in [0.2, 0.25) is 0 Å². The summed E-state index contributed by atoms with van der Waals surface area (Å²) >= 11 is 4.58. The van der Waals surface area contributed by atoms with E-state index in [-0.39, 0.29) is 6.17 Å². The van der Waals surface area contributed by atoms with Crippen LogP contribution in [0.25, 0.3) is 0 Å². The molecule has 6 nitrogen and oxygen atoms in total. The Morgan fingerprint density at radius 1 is 0.660 bits per heavy atom. The second kappa shape index (κ2) is 17.0. The number of aliphatic imine (C=N–C) groups is 2. The number of nitrogens with one attached hydrogen (secondary N) is 2. The third-order valence-electron chi connectivity index (χ3n) is 9.37. The molecule has 1 aliphatic heterocycles. The summed E-state index contributed by atoms with van der Waals surface area (Å²) in [6, 6.07) is 51.6. The molecular formula is C42H47BrN5OP. The normalized spacial score (nSPS) is 16.0. The first-order valence-corrected chi connectivity index (χ1v) is 22.0. The van der Waals surface area contributed by atoms with Crippen LogP contribution in [0.3, 0.4) is 0 Å². The molecular weight excluding hydrogens is 701 g/mol. The van der Waals surface area contributed by atoms with E-state index in [1.165, 1.54) is 34.3 Å². The van der Waals surface area contributed by atoms with E-state index in [2.05, 4.69) is 139 Å². The molecule has 0 aliphatic carbocycles. The molecule has 1 aliphatic rings. The van der Waals surface area contributed by atoms with Gasteiger partial charge in [-0.15, -0.1) is 0 Å². The zero-order valence-electron chi connectivity index (χ0n) is 28.5. The summed E-state index contributed by atoms with van der Waals surface area (Å²) in [6.45, 7) is 1.35. The standard InChI is InChI=1S/C42H47BrN5OP/c43-50(37-20-10-5-11-21-37,38-22-12-6-13-23-38,39-24-14-7-15-25-39)33-17-3-1-2-16-32-49-36-28-26-35(27-29-36)40-46-41(44)48-42(47-40)45-31-30-34-18-8-4-9-19-34/h4-15,18-29,40H,1-3,16-17,30-33H2,(H4,44,45,46,47,48). The average molecular weight is 749 g/mol. The Balaban J connectivity index is 0.979. The van der Waals surface area contributed by atoms with Crippen LogP contribution in [-0.2, 0) is 6.42 Å². The van der Waals surface area contributed by atoms with Crippen molar-refractivity contribution >= 4 is 48.6 Å². The van der Waals surface area contributed by atoms with Crippen molar-refractivity contribution in [1.29, 1.82) is 0 Å². The summed E-state index contributed by atoms with van der Waals surface area (Å²) < 4.78 is 6.12. The van der Waals surface area contributed by atoms with Crippen LogP contribution in [0.1, 0.15) is 49.4 Å². The van der Waals surface area contributed by atoms with Crippen LogP contribution in [0.15, 0.2) is 156 Å². The molecule has 0 fully saturated rings. The molecule has 0 aromatic heterocycles. The molecule has 0 amide bonds. The van der Waals surface area contributed by atoms with Gasteiger partial charge in [-0.3, -0.25) is 10.3 Å². The Bertz CT molecular complexity index is 1740. The van der Waals surface area contributed by atoms with Crippen LogP contribution in [-0.4, -0.2) is 31.2 Å². The number of halogens is 1. The minimum absolute atomic E-state index is 0.299. The van der Waals surface area contributed by atoms with E-state index in [9.17, 15) is 0 Å². The fourth-order valence-electron chi connectivity index (χ4n) is 6.70. The van der Waals surface area contributed by atoms with Gasteiger partial charge < -0.3 is 11.1 Å². The maximum atomic E-state index is 6.12. The maximum absolute atomic E-state index is 6.12. The average Bonchev–Trinajstić information content (AvgIpc) is 3.17. The van der Waals surface area contributed by atoms with Gasteiger partial charge in [-0.05, 0) is 12.0 Å². The Kier molecular flexibility index (Phi) is 12.0. The fourth-order valence-corrected chi connectivity index (χ4v) is 14.5. The summed E-state index contributed by atoms with van der Waals surface area (Å²) in [4.78, 5) is 9.19. The number of benzene rings is 5. The van der Waals surface area contributed by atoms with Gasteiger partial charge in [-0.25, -0.2) is 4.99 Å². The van der Waals surface area contributed by atoms with Crippen molar-refractivity contribution in [2.24, 2.45) is 15.7 Å². The Morgan fingerprint density at radius 2 is 1.18 bits per heavy atom. The first-order valence-electron chi connectivity index (χ1n) is 17.6. The minimum Gasteiger partial charge on any atom is -0.330 e. The number of nitrogens with zero attached hydrogens (tertiary/aromatic N) is 2. The smallest absolute Gasteiger partial charge is 0.200 e. The van der Waals surface area contributed by atoms with Gasteiger partial charge in [0.05, 0.1) is 0 Å². The van der Waals surface area contributed by atoms with Crippen LogP contribution in [0, 0.1) is 0 Å². The van der Waals surface area contributed by atoms with Crippen LogP contribution < -0.4 is 37.0 Å². The van der Waals surface area contributed by atoms with Gasteiger partial charge in [-0.2, -0.15) is 0 Å². The summed E-state index contributed by atoms with van der Waals surface area (Å²) in [5.41, 5.74) is 8.35. The van der Waals surface area contributed by atoms with Crippen molar-refractivity contribution in [3.63, 3.8) is 0 Å². The van der Waals surface area contributed by atoms with Crippen LogP contribution in [0.4, 0.5) is 0 Å². The number of nitrogens with two attached hydrogens (primary N) is 1. The molecule has 4 N–H and O–H groups in total. The monoisotopic (exact) mass is 747 g/mol. The van der Waals surface area contributed by atoms with Crippen LogP contribution >= 0.6 is 20.8 Å². The predicted molar refractivity (Wildman–Crippen MR) is 217 cm³/mol. The Labute approximate surface area is 305 Å². The molecule has 1 atom stereocenters. The van der Waals surface area contributed by atoms with Crippen molar-refractivity contribution in [2.45, 2.75) is 44.7 Å². The second-order valence-electron chi connectivity index (χ2n) is 12.8. The van der Waals surface area contributed by atoms with E-state index in [1.54, 1.807) is 0 Å². The van der Waals surface area contributed by atoms with Gasteiger partial charge in [0.15, 0.2) is 18.1 Å². The largest absolute Gasteiger partial charge is 0.330 e. The molecule has 6 rings (SSSR count). The van der Waals surface area contributed by atoms with Crippen LogP contribution in [0.5, 0.6) is 5.75 Å².